The van der Waals surface area contributed by atoms with Gasteiger partial charge in [-0.2, -0.15) is 5.26 Å². The second kappa shape index (κ2) is 9.81. The van der Waals surface area contributed by atoms with Crippen LogP contribution in [0.4, 0.5) is 5.82 Å². The lowest BCUT2D eigenvalue weighted by molar-refractivity contribution is -0.113. The summed E-state index contributed by atoms with van der Waals surface area (Å²) in [4.78, 5) is 12.9. The molecule has 3 aromatic rings. The Hall–Kier alpha value is -3.09. The molecular formula is C24H28N6O2S. The minimum Gasteiger partial charge on any atom is -0.376 e. The first-order valence-electron chi connectivity index (χ1n) is 11.0. The highest BCUT2D eigenvalue weighted by atomic mass is 32.2. The predicted molar refractivity (Wildman–Crippen MR) is 128 cm³/mol. The van der Waals surface area contributed by atoms with Gasteiger partial charge in [0.25, 0.3) is 0 Å². The van der Waals surface area contributed by atoms with Crippen molar-refractivity contribution in [3.8, 4) is 11.8 Å². The Morgan fingerprint density at radius 3 is 2.82 bits per heavy atom. The van der Waals surface area contributed by atoms with Crippen molar-refractivity contribution in [2.75, 3.05) is 17.7 Å². The third-order valence-corrected chi connectivity index (χ3v) is 6.93. The lowest BCUT2D eigenvalue weighted by Gasteiger charge is -2.17. The van der Waals surface area contributed by atoms with E-state index in [0.717, 1.165) is 47.8 Å². The zero-order valence-electron chi connectivity index (χ0n) is 19.4. The number of carbonyl (C=O) groups is 1. The third kappa shape index (κ3) is 4.82. The number of hydrogen-bond acceptors (Lipinski definition) is 6. The second-order valence-corrected chi connectivity index (χ2v) is 9.28. The summed E-state index contributed by atoms with van der Waals surface area (Å²) in [5.41, 5.74) is 4.45. The normalized spacial score (nSPS) is 15.5. The molecule has 0 radical (unpaired) electrons. The summed E-state index contributed by atoms with van der Waals surface area (Å²) in [6, 6.07) is 10.3. The summed E-state index contributed by atoms with van der Waals surface area (Å²) in [5.74, 6) is 1.26. The van der Waals surface area contributed by atoms with E-state index in [-0.39, 0.29) is 17.8 Å². The van der Waals surface area contributed by atoms with E-state index in [1.165, 1.54) is 11.8 Å². The molecule has 0 bridgehead atoms. The fourth-order valence-corrected chi connectivity index (χ4v) is 4.95. The number of thioether (sulfide) groups is 1. The number of aryl methyl sites for hydroxylation is 2. The van der Waals surface area contributed by atoms with Crippen molar-refractivity contribution in [1.29, 1.82) is 5.26 Å². The first kappa shape index (κ1) is 23.1. The van der Waals surface area contributed by atoms with Crippen LogP contribution >= 0.6 is 11.8 Å². The molecule has 0 unspecified atom stereocenters. The number of hydrogen-bond donors (Lipinski definition) is 1. The highest BCUT2D eigenvalue weighted by Gasteiger charge is 2.24. The molecule has 1 saturated heterocycles. The van der Waals surface area contributed by atoms with Crippen molar-refractivity contribution in [1.82, 2.24) is 19.3 Å². The van der Waals surface area contributed by atoms with Crippen molar-refractivity contribution < 1.29 is 9.53 Å². The number of rotatable bonds is 7. The van der Waals surface area contributed by atoms with Crippen molar-refractivity contribution in [2.45, 2.75) is 58.3 Å². The van der Waals surface area contributed by atoms with E-state index < -0.39 is 0 Å². The smallest absolute Gasteiger partial charge is 0.235 e. The van der Waals surface area contributed by atoms with Gasteiger partial charge >= 0.3 is 0 Å². The molecule has 0 saturated carbocycles. The van der Waals surface area contributed by atoms with E-state index in [1.807, 2.05) is 55.0 Å². The van der Waals surface area contributed by atoms with E-state index in [9.17, 15) is 10.1 Å². The molecule has 1 amide bonds. The molecule has 0 spiro atoms. The monoisotopic (exact) mass is 464 g/mol. The number of anilines is 1. The zero-order valence-corrected chi connectivity index (χ0v) is 20.2. The SMILES string of the molecule is Cc1cccc(-n2c(C)nnc2SCC(=O)Nc2c(C#N)c(C)c(C)n2C[C@@H]2CCCO2)c1. The van der Waals surface area contributed by atoms with Crippen LogP contribution in [0, 0.1) is 39.0 Å². The van der Waals surface area contributed by atoms with Crippen LogP contribution in [0.1, 0.15) is 41.1 Å². The number of nitrogens with zero attached hydrogens (tertiary/aromatic N) is 5. The lowest BCUT2D eigenvalue weighted by Crippen LogP contribution is -2.22. The number of benzene rings is 1. The van der Waals surface area contributed by atoms with Crippen molar-refractivity contribution in [3.05, 3.63) is 52.5 Å². The van der Waals surface area contributed by atoms with E-state index in [1.54, 1.807) is 0 Å². The lowest BCUT2D eigenvalue weighted by atomic mass is 10.2. The number of carbonyl (C=O) groups excluding carboxylic acids is 1. The summed E-state index contributed by atoms with van der Waals surface area (Å²) >= 11 is 1.32. The van der Waals surface area contributed by atoms with Gasteiger partial charge in [0.2, 0.25) is 5.91 Å². The van der Waals surface area contributed by atoms with Gasteiger partial charge in [-0.25, -0.2) is 0 Å². The molecule has 1 N–H and O–H groups in total. The summed E-state index contributed by atoms with van der Waals surface area (Å²) in [6.07, 6.45) is 2.12. The minimum atomic E-state index is -0.195. The van der Waals surface area contributed by atoms with Crippen LogP contribution in [-0.2, 0) is 16.1 Å². The van der Waals surface area contributed by atoms with Gasteiger partial charge in [0, 0.05) is 18.0 Å². The molecule has 3 heterocycles. The van der Waals surface area contributed by atoms with Gasteiger partial charge in [0.15, 0.2) is 5.16 Å². The molecule has 1 aliphatic rings. The average molecular weight is 465 g/mol. The number of amides is 1. The van der Waals surface area contributed by atoms with Gasteiger partial charge in [-0.1, -0.05) is 23.9 Å². The zero-order chi connectivity index (χ0) is 23.5. The summed E-state index contributed by atoms with van der Waals surface area (Å²) in [6.45, 7) is 9.20. The number of nitriles is 1. The summed E-state index contributed by atoms with van der Waals surface area (Å²) in [5, 5.41) is 21.8. The highest BCUT2D eigenvalue weighted by Crippen LogP contribution is 2.29. The van der Waals surface area contributed by atoms with E-state index >= 15 is 0 Å². The fourth-order valence-electron chi connectivity index (χ4n) is 4.15. The van der Waals surface area contributed by atoms with Crippen LogP contribution in [0.3, 0.4) is 0 Å². The Labute approximate surface area is 198 Å². The van der Waals surface area contributed by atoms with E-state index in [4.69, 9.17) is 4.74 Å². The van der Waals surface area contributed by atoms with Gasteiger partial charge in [-0.3, -0.25) is 9.36 Å². The molecule has 4 rings (SSSR count). The van der Waals surface area contributed by atoms with Crippen LogP contribution in [0.5, 0.6) is 0 Å². The Bertz CT molecular complexity index is 1220. The van der Waals surface area contributed by atoms with Gasteiger partial charge in [0.1, 0.15) is 17.7 Å². The molecule has 2 aromatic heterocycles. The Morgan fingerprint density at radius 1 is 1.30 bits per heavy atom. The third-order valence-electron chi connectivity index (χ3n) is 6.00. The number of nitrogens with one attached hydrogen (secondary N) is 1. The maximum absolute atomic E-state index is 12.9. The molecule has 33 heavy (non-hydrogen) atoms. The van der Waals surface area contributed by atoms with Crippen molar-refractivity contribution in [2.24, 2.45) is 0 Å². The van der Waals surface area contributed by atoms with Crippen LogP contribution in [0.2, 0.25) is 0 Å². The largest absolute Gasteiger partial charge is 0.376 e. The molecule has 1 fully saturated rings. The Morgan fingerprint density at radius 2 is 2.12 bits per heavy atom. The molecule has 1 atom stereocenters. The maximum atomic E-state index is 12.9. The molecule has 1 aromatic carbocycles. The predicted octanol–water partition coefficient (Wildman–Crippen LogP) is 4.08. The van der Waals surface area contributed by atoms with Crippen LogP contribution in [0.15, 0.2) is 29.4 Å². The first-order valence-corrected chi connectivity index (χ1v) is 12.0. The maximum Gasteiger partial charge on any atom is 0.235 e. The number of aromatic nitrogens is 4. The van der Waals surface area contributed by atoms with Gasteiger partial charge < -0.3 is 14.6 Å². The molecular weight excluding hydrogens is 436 g/mol. The number of ether oxygens (including phenoxy) is 1. The molecule has 9 heteroatoms. The van der Waals surface area contributed by atoms with E-state index in [2.05, 4.69) is 27.6 Å². The van der Waals surface area contributed by atoms with Crippen LogP contribution in [0.25, 0.3) is 5.69 Å². The highest BCUT2D eigenvalue weighted by molar-refractivity contribution is 7.99. The topological polar surface area (TPSA) is 97.8 Å². The molecule has 1 aliphatic heterocycles. The first-order chi connectivity index (χ1) is 15.9. The van der Waals surface area contributed by atoms with E-state index in [0.29, 0.717) is 23.1 Å². The van der Waals surface area contributed by atoms with Crippen LogP contribution in [-0.4, -0.2) is 43.7 Å². The van der Waals surface area contributed by atoms with Gasteiger partial charge in [-0.05, 0) is 63.8 Å². The van der Waals surface area contributed by atoms with Gasteiger partial charge in [0.05, 0.1) is 24.0 Å². The fraction of sp³-hybridized carbons (Fsp3) is 0.417. The molecule has 0 aliphatic carbocycles. The molecule has 8 nitrogen and oxygen atoms in total. The average Bonchev–Trinajstić information content (AvgIpc) is 3.49. The van der Waals surface area contributed by atoms with Crippen molar-refractivity contribution >= 4 is 23.5 Å². The summed E-state index contributed by atoms with van der Waals surface area (Å²) in [7, 11) is 0. The Kier molecular flexibility index (Phi) is 6.86. The molecule has 172 valence electrons. The quantitative estimate of drug-likeness (QED) is 0.529. The minimum absolute atomic E-state index is 0.0999. The second-order valence-electron chi connectivity index (χ2n) is 8.33. The van der Waals surface area contributed by atoms with Gasteiger partial charge in [-0.15, -0.1) is 10.2 Å². The van der Waals surface area contributed by atoms with Crippen molar-refractivity contribution in [3.63, 3.8) is 0 Å². The van der Waals surface area contributed by atoms with Crippen LogP contribution < -0.4 is 5.32 Å². The Balaban J connectivity index is 1.51. The summed E-state index contributed by atoms with van der Waals surface area (Å²) < 4.78 is 9.74. The standard InChI is InChI=1S/C24H28N6O2S/c1-15-7-5-8-19(11-15)30-18(4)27-28-24(30)33-14-22(31)26-23-21(12-25)16(2)17(3)29(23)13-20-9-6-10-32-20/h5,7-8,11,20H,6,9-10,13-14H2,1-4H3,(H,26,31)/t20-/m0/s1.